The number of nitrogens with one attached hydrogen (secondary N) is 1. The lowest BCUT2D eigenvalue weighted by Gasteiger charge is -2.04. The Kier molecular flexibility index (Phi) is 2.85. The van der Waals surface area contributed by atoms with Gasteiger partial charge < -0.3 is 15.8 Å². The maximum Gasteiger partial charge on any atom is 0.320 e. The molecule has 5 heteroatoms. The van der Waals surface area contributed by atoms with Crippen LogP contribution in [0.25, 0.3) is 10.9 Å². The lowest BCUT2D eigenvalue weighted by atomic mass is 10.1. The quantitative estimate of drug-likeness (QED) is 0.763. The highest BCUT2D eigenvalue weighted by Gasteiger charge is 2.14. The first-order chi connectivity index (χ1) is 7.58. The zero-order valence-corrected chi connectivity index (χ0v) is 9.16. The third-order valence-corrected chi connectivity index (χ3v) is 2.72. The summed E-state index contributed by atoms with van der Waals surface area (Å²) in [5.41, 5.74) is 7.27. The number of aromatic nitrogens is 1. The van der Waals surface area contributed by atoms with Gasteiger partial charge in [0.25, 0.3) is 0 Å². The Morgan fingerprint density at radius 1 is 1.56 bits per heavy atom. The zero-order valence-electron chi connectivity index (χ0n) is 8.40. The van der Waals surface area contributed by atoms with Crippen LogP contribution in [0.2, 0.25) is 5.02 Å². The van der Waals surface area contributed by atoms with E-state index in [1.807, 2.05) is 6.07 Å². The summed E-state index contributed by atoms with van der Waals surface area (Å²) in [6.45, 7) is 0. The number of aliphatic carboxylic acids is 1. The van der Waals surface area contributed by atoms with Gasteiger partial charge in [-0.3, -0.25) is 4.79 Å². The number of carboxylic acids is 1. The maximum atomic E-state index is 10.7. The van der Waals surface area contributed by atoms with Crippen LogP contribution in [-0.4, -0.2) is 22.1 Å². The van der Waals surface area contributed by atoms with Gasteiger partial charge in [-0.15, -0.1) is 0 Å². The molecule has 16 heavy (non-hydrogen) atoms. The smallest absolute Gasteiger partial charge is 0.320 e. The molecule has 4 nitrogen and oxygen atoms in total. The molecule has 4 N–H and O–H groups in total. The molecule has 0 bridgehead atoms. The molecule has 84 valence electrons. The fraction of sp³-hybridized carbons (Fsp3) is 0.182. The third kappa shape index (κ3) is 2.03. The molecule has 2 aromatic rings. The average Bonchev–Trinajstić information content (AvgIpc) is 2.60. The van der Waals surface area contributed by atoms with Gasteiger partial charge >= 0.3 is 5.97 Å². The summed E-state index contributed by atoms with van der Waals surface area (Å²) in [4.78, 5) is 13.7. The number of nitrogens with two attached hydrogens (primary N) is 1. The van der Waals surface area contributed by atoms with Gasteiger partial charge in [-0.1, -0.05) is 17.7 Å². The topological polar surface area (TPSA) is 79.1 Å². The van der Waals surface area contributed by atoms with E-state index >= 15 is 0 Å². The van der Waals surface area contributed by atoms with Gasteiger partial charge in [-0.2, -0.15) is 0 Å². The Morgan fingerprint density at radius 3 is 3.00 bits per heavy atom. The summed E-state index contributed by atoms with van der Waals surface area (Å²) in [5.74, 6) is -0.997. The monoisotopic (exact) mass is 238 g/mol. The molecule has 0 saturated carbocycles. The summed E-state index contributed by atoms with van der Waals surface area (Å²) < 4.78 is 0. The van der Waals surface area contributed by atoms with Crippen molar-refractivity contribution >= 4 is 28.5 Å². The van der Waals surface area contributed by atoms with Crippen LogP contribution in [0.5, 0.6) is 0 Å². The van der Waals surface area contributed by atoms with Crippen molar-refractivity contribution in [2.75, 3.05) is 0 Å². The van der Waals surface area contributed by atoms with Crippen molar-refractivity contribution in [1.29, 1.82) is 0 Å². The normalized spacial score (nSPS) is 12.9. The number of benzene rings is 1. The van der Waals surface area contributed by atoms with Crippen LogP contribution in [-0.2, 0) is 11.2 Å². The molecule has 1 heterocycles. The lowest BCUT2D eigenvalue weighted by Crippen LogP contribution is -2.32. The number of hydrogen-bond acceptors (Lipinski definition) is 2. The standard InChI is InChI=1S/C11H11ClN2O2/c12-7-1-2-8-6(3-9(13)11(15)16)5-14-10(8)4-7/h1-2,4-5,9,14H,3,13H2,(H,15,16)/t9-/m0/s1. The second-order valence-corrected chi connectivity index (χ2v) is 4.09. The fourth-order valence-corrected chi connectivity index (χ4v) is 1.82. The minimum absolute atomic E-state index is 0.303. The Labute approximate surface area is 97.0 Å². The van der Waals surface area contributed by atoms with Crippen LogP contribution in [0, 0.1) is 0 Å². The number of carbonyl (C=O) groups is 1. The minimum atomic E-state index is -0.997. The first-order valence-electron chi connectivity index (χ1n) is 4.82. The number of H-pyrrole nitrogens is 1. The van der Waals surface area contributed by atoms with Crippen molar-refractivity contribution in [3.05, 3.63) is 35.0 Å². The second-order valence-electron chi connectivity index (χ2n) is 3.65. The Balaban J connectivity index is 2.35. The molecule has 1 aromatic heterocycles. The number of fused-ring (bicyclic) bond motifs is 1. The van der Waals surface area contributed by atoms with Crippen molar-refractivity contribution < 1.29 is 9.90 Å². The van der Waals surface area contributed by atoms with E-state index in [2.05, 4.69) is 4.98 Å². The Morgan fingerprint density at radius 2 is 2.31 bits per heavy atom. The van der Waals surface area contributed by atoms with Crippen molar-refractivity contribution in [2.45, 2.75) is 12.5 Å². The predicted molar refractivity (Wildman–Crippen MR) is 62.6 cm³/mol. The van der Waals surface area contributed by atoms with Crippen LogP contribution < -0.4 is 5.73 Å². The van der Waals surface area contributed by atoms with Crippen LogP contribution in [0.3, 0.4) is 0 Å². The number of halogens is 1. The van der Waals surface area contributed by atoms with Crippen molar-refractivity contribution in [1.82, 2.24) is 4.98 Å². The van der Waals surface area contributed by atoms with E-state index < -0.39 is 12.0 Å². The van der Waals surface area contributed by atoms with Gasteiger partial charge in [-0.05, 0) is 17.7 Å². The van der Waals surface area contributed by atoms with E-state index in [-0.39, 0.29) is 0 Å². The first-order valence-corrected chi connectivity index (χ1v) is 5.19. The highest BCUT2D eigenvalue weighted by molar-refractivity contribution is 6.31. The van der Waals surface area contributed by atoms with Gasteiger partial charge in [0.1, 0.15) is 6.04 Å². The van der Waals surface area contributed by atoms with Crippen LogP contribution in [0.4, 0.5) is 0 Å². The largest absolute Gasteiger partial charge is 0.480 e. The fourth-order valence-electron chi connectivity index (χ4n) is 1.65. The van der Waals surface area contributed by atoms with Crippen LogP contribution in [0.15, 0.2) is 24.4 Å². The molecule has 0 radical (unpaired) electrons. The molecule has 0 aliphatic carbocycles. The lowest BCUT2D eigenvalue weighted by molar-refractivity contribution is -0.138. The second kappa shape index (κ2) is 4.15. The molecule has 0 spiro atoms. The number of rotatable bonds is 3. The van der Waals surface area contributed by atoms with Crippen molar-refractivity contribution in [3.8, 4) is 0 Å². The molecule has 1 atom stereocenters. The SMILES string of the molecule is N[C@@H](Cc1c[nH]c2cc(Cl)ccc12)C(=O)O. The number of aromatic amines is 1. The molecule has 0 saturated heterocycles. The highest BCUT2D eigenvalue weighted by atomic mass is 35.5. The maximum absolute atomic E-state index is 10.7. The molecule has 0 aliphatic rings. The van der Waals surface area contributed by atoms with Crippen LogP contribution >= 0.6 is 11.6 Å². The van der Waals surface area contributed by atoms with Gasteiger partial charge in [-0.25, -0.2) is 0 Å². The zero-order chi connectivity index (χ0) is 11.7. The molecule has 0 amide bonds. The third-order valence-electron chi connectivity index (χ3n) is 2.49. The van der Waals surface area contributed by atoms with E-state index in [9.17, 15) is 4.79 Å². The van der Waals surface area contributed by atoms with E-state index in [0.717, 1.165) is 16.5 Å². The van der Waals surface area contributed by atoms with Gasteiger partial charge in [0.2, 0.25) is 0 Å². The Bertz CT molecular complexity index is 536. The molecule has 0 unspecified atom stereocenters. The van der Waals surface area contributed by atoms with E-state index in [4.69, 9.17) is 22.4 Å². The Hall–Kier alpha value is -1.52. The van der Waals surface area contributed by atoms with Gasteiger partial charge in [0.15, 0.2) is 0 Å². The predicted octanol–water partition coefficient (Wildman–Crippen LogP) is 1.78. The summed E-state index contributed by atoms with van der Waals surface area (Å²) in [6, 6.07) is 4.55. The molecule has 2 rings (SSSR count). The van der Waals surface area contributed by atoms with E-state index in [1.54, 1.807) is 18.3 Å². The summed E-state index contributed by atoms with van der Waals surface area (Å²) >= 11 is 5.85. The van der Waals surface area contributed by atoms with E-state index in [1.165, 1.54) is 0 Å². The summed E-state index contributed by atoms with van der Waals surface area (Å²) in [7, 11) is 0. The number of hydrogen-bond donors (Lipinski definition) is 3. The highest BCUT2D eigenvalue weighted by Crippen LogP contribution is 2.22. The summed E-state index contributed by atoms with van der Waals surface area (Å²) in [6.07, 6.45) is 2.07. The number of carboxylic acid groups (broad SMARTS) is 1. The van der Waals surface area contributed by atoms with Gasteiger partial charge in [0, 0.05) is 28.5 Å². The minimum Gasteiger partial charge on any atom is -0.480 e. The molecule has 0 fully saturated rings. The average molecular weight is 239 g/mol. The molecule has 0 aliphatic heterocycles. The van der Waals surface area contributed by atoms with E-state index in [0.29, 0.717) is 11.4 Å². The van der Waals surface area contributed by atoms with Gasteiger partial charge in [0.05, 0.1) is 0 Å². The molecular formula is C11H11ClN2O2. The molecule has 1 aromatic carbocycles. The van der Waals surface area contributed by atoms with Crippen molar-refractivity contribution in [3.63, 3.8) is 0 Å². The first kappa shape index (κ1) is 11.0. The van der Waals surface area contributed by atoms with Crippen LogP contribution in [0.1, 0.15) is 5.56 Å². The van der Waals surface area contributed by atoms with Crippen molar-refractivity contribution in [2.24, 2.45) is 5.73 Å². The summed E-state index contributed by atoms with van der Waals surface area (Å²) in [5, 5.41) is 10.3. The molecular weight excluding hydrogens is 228 g/mol.